The van der Waals surface area contributed by atoms with Crippen molar-refractivity contribution in [2.45, 2.75) is 25.7 Å². The van der Waals surface area contributed by atoms with Gasteiger partial charge in [0.05, 0.1) is 17.6 Å². The second-order valence-electron chi connectivity index (χ2n) is 9.36. The van der Waals surface area contributed by atoms with Gasteiger partial charge >= 0.3 is 0 Å². The topological polar surface area (TPSA) is 118 Å². The molecule has 0 amide bonds. The molecule has 0 unspecified atom stereocenters. The van der Waals surface area contributed by atoms with Gasteiger partial charge in [0.2, 0.25) is 0 Å². The van der Waals surface area contributed by atoms with Gasteiger partial charge in [-0.3, -0.25) is 9.54 Å². The second-order valence-corrected chi connectivity index (χ2v) is 10.7. The SMILES string of the molecule is Cc1cc(C)cc(-c2ccc(C)cc2-c2ccc(/N=N/c3cc(S(=O)(=O)O)c4ccccc4c3N)cn2)c1. The molecule has 5 rings (SSSR count). The molecule has 0 aliphatic rings. The molecule has 0 saturated carbocycles. The predicted molar refractivity (Wildman–Crippen MR) is 152 cm³/mol. The number of fused-ring (bicyclic) bond motifs is 1. The minimum Gasteiger partial charge on any atom is -0.396 e. The maximum Gasteiger partial charge on any atom is 0.295 e. The lowest BCUT2D eigenvalue weighted by molar-refractivity contribution is 0.484. The number of nitrogens with two attached hydrogens (primary N) is 1. The first-order valence-corrected chi connectivity index (χ1v) is 13.4. The average Bonchev–Trinajstić information content (AvgIpc) is 2.87. The molecule has 3 N–H and O–H groups in total. The summed E-state index contributed by atoms with van der Waals surface area (Å²) in [5.41, 5.74) is 14.7. The number of hydrogen-bond donors (Lipinski definition) is 2. The first-order valence-electron chi connectivity index (χ1n) is 12.0. The van der Waals surface area contributed by atoms with E-state index in [-0.39, 0.29) is 16.3 Å². The zero-order valence-corrected chi connectivity index (χ0v) is 22.0. The fraction of sp³-hybridized carbons (Fsp3) is 0.100. The van der Waals surface area contributed by atoms with Gasteiger partial charge in [0.1, 0.15) is 16.3 Å². The fourth-order valence-electron chi connectivity index (χ4n) is 4.61. The summed E-state index contributed by atoms with van der Waals surface area (Å²) in [5.74, 6) is 0. The first-order chi connectivity index (χ1) is 18.1. The van der Waals surface area contributed by atoms with Gasteiger partial charge in [0, 0.05) is 16.3 Å². The Labute approximate surface area is 221 Å². The molecule has 1 heterocycles. The molecule has 0 aliphatic carbocycles. The maximum atomic E-state index is 12.0. The minimum atomic E-state index is -4.49. The highest BCUT2D eigenvalue weighted by Crippen LogP contribution is 2.37. The third kappa shape index (κ3) is 5.04. The second kappa shape index (κ2) is 9.81. The number of aromatic nitrogens is 1. The molecule has 190 valence electrons. The highest BCUT2D eigenvalue weighted by Gasteiger charge is 2.18. The zero-order chi connectivity index (χ0) is 27.0. The molecule has 0 fully saturated rings. The molecule has 8 heteroatoms. The number of azo groups is 1. The van der Waals surface area contributed by atoms with Crippen molar-refractivity contribution in [2.24, 2.45) is 10.2 Å². The number of aryl methyl sites for hydroxylation is 3. The van der Waals surface area contributed by atoms with Crippen LogP contribution in [0.25, 0.3) is 33.2 Å². The summed E-state index contributed by atoms with van der Waals surface area (Å²) in [5, 5.41) is 9.19. The normalized spacial score (nSPS) is 11.9. The van der Waals surface area contributed by atoms with E-state index in [1.54, 1.807) is 36.5 Å². The molecule has 4 aromatic carbocycles. The summed E-state index contributed by atoms with van der Waals surface area (Å²) in [6, 6.07) is 24.3. The van der Waals surface area contributed by atoms with Crippen LogP contribution >= 0.6 is 0 Å². The number of pyridine rings is 1. The van der Waals surface area contributed by atoms with Crippen LogP contribution in [-0.2, 0) is 10.1 Å². The molecular weight excluding hydrogens is 496 g/mol. The van der Waals surface area contributed by atoms with E-state index in [0.717, 1.165) is 27.9 Å². The van der Waals surface area contributed by atoms with E-state index in [9.17, 15) is 13.0 Å². The lowest BCUT2D eigenvalue weighted by Gasteiger charge is -2.12. The standard InChI is InChI=1S/C30H26N4O3S/c1-18-8-10-23(21-13-19(2)12-20(3)14-21)26(15-18)27-11-9-22(17-32-27)33-34-28-16-29(38(35,36)37)24-6-4-5-7-25(24)30(28)31/h4-17H,31H2,1-3H3,(H,35,36,37)/b34-33+. The molecule has 0 aliphatic heterocycles. The zero-order valence-electron chi connectivity index (χ0n) is 21.2. The van der Waals surface area contributed by atoms with Crippen molar-refractivity contribution in [3.63, 3.8) is 0 Å². The van der Waals surface area contributed by atoms with Gasteiger partial charge in [-0.15, -0.1) is 10.2 Å². The van der Waals surface area contributed by atoms with Crippen LogP contribution in [0.1, 0.15) is 16.7 Å². The van der Waals surface area contributed by atoms with E-state index in [0.29, 0.717) is 16.5 Å². The maximum absolute atomic E-state index is 12.0. The smallest absolute Gasteiger partial charge is 0.295 e. The van der Waals surface area contributed by atoms with Crippen LogP contribution in [0, 0.1) is 20.8 Å². The molecule has 0 radical (unpaired) electrons. The monoisotopic (exact) mass is 522 g/mol. The van der Waals surface area contributed by atoms with E-state index in [2.05, 4.69) is 65.5 Å². The molecule has 7 nitrogen and oxygen atoms in total. The summed E-state index contributed by atoms with van der Waals surface area (Å²) in [4.78, 5) is 4.37. The Morgan fingerprint density at radius 1 is 0.763 bits per heavy atom. The number of hydrogen-bond acceptors (Lipinski definition) is 6. The van der Waals surface area contributed by atoms with Crippen LogP contribution in [0.3, 0.4) is 0 Å². The van der Waals surface area contributed by atoms with E-state index in [1.807, 2.05) is 13.0 Å². The van der Waals surface area contributed by atoms with E-state index in [1.165, 1.54) is 17.2 Å². The summed E-state index contributed by atoms with van der Waals surface area (Å²) in [7, 11) is -4.49. The largest absolute Gasteiger partial charge is 0.396 e. The van der Waals surface area contributed by atoms with E-state index in [4.69, 9.17) is 5.73 Å². The van der Waals surface area contributed by atoms with Gasteiger partial charge < -0.3 is 5.73 Å². The number of anilines is 1. The van der Waals surface area contributed by atoms with Crippen molar-refractivity contribution in [1.29, 1.82) is 0 Å². The predicted octanol–water partition coefficient (Wildman–Crippen LogP) is 7.74. The Hall–Kier alpha value is -4.40. The minimum absolute atomic E-state index is 0.135. The van der Waals surface area contributed by atoms with Crippen LogP contribution in [0.2, 0.25) is 0 Å². The van der Waals surface area contributed by atoms with Gasteiger partial charge in [-0.05, 0) is 56.2 Å². The number of nitrogens with zero attached hydrogens (tertiary/aromatic N) is 3. The molecule has 0 saturated heterocycles. The van der Waals surface area contributed by atoms with Gasteiger partial charge in [-0.25, -0.2) is 0 Å². The summed E-state index contributed by atoms with van der Waals surface area (Å²) in [6.45, 7) is 6.22. The van der Waals surface area contributed by atoms with Crippen molar-refractivity contribution in [3.05, 3.63) is 102 Å². The van der Waals surface area contributed by atoms with Crippen LogP contribution in [0.15, 0.2) is 100 Å². The van der Waals surface area contributed by atoms with Crippen LogP contribution in [0.4, 0.5) is 17.1 Å². The van der Waals surface area contributed by atoms with E-state index < -0.39 is 10.1 Å². The molecule has 1 aromatic heterocycles. The van der Waals surface area contributed by atoms with Crippen molar-refractivity contribution in [3.8, 4) is 22.4 Å². The summed E-state index contributed by atoms with van der Waals surface area (Å²) < 4.78 is 33.7. The van der Waals surface area contributed by atoms with Crippen molar-refractivity contribution < 1.29 is 13.0 Å². The molecule has 0 bridgehead atoms. The van der Waals surface area contributed by atoms with Crippen molar-refractivity contribution in [2.75, 3.05) is 5.73 Å². The highest BCUT2D eigenvalue weighted by molar-refractivity contribution is 7.86. The first kappa shape index (κ1) is 25.3. The Morgan fingerprint density at radius 3 is 2.13 bits per heavy atom. The number of rotatable bonds is 5. The molecule has 38 heavy (non-hydrogen) atoms. The highest BCUT2D eigenvalue weighted by atomic mass is 32.2. The lowest BCUT2D eigenvalue weighted by atomic mass is 9.93. The van der Waals surface area contributed by atoms with Crippen molar-refractivity contribution in [1.82, 2.24) is 4.98 Å². The van der Waals surface area contributed by atoms with Crippen LogP contribution < -0.4 is 5.73 Å². The molecule has 0 spiro atoms. The lowest BCUT2D eigenvalue weighted by Crippen LogP contribution is -2.01. The Bertz CT molecular complexity index is 1810. The van der Waals surface area contributed by atoms with E-state index >= 15 is 0 Å². The fourth-order valence-corrected chi connectivity index (χ4v) is 5.33. The number of nitrogen functional groups attached to an aromatic ring is 1. The summed E-state index contributed by atoms with van der Waals surface area (Å²) in [6.07, 6.45) is 1.60. The molecule has 0 atom stereocenters. The third-order valence-electron chi connectivity index (χ3n) is 6.31. The van der Waals surface area contributed by atoms with Gasteiger partial charge in [0.15, 0.2) is 0 Å². The summed E-state index contributed by atoms with van der Waals surface area (Å²) >= 11 is 0. The third-order valence-corrected chi connectivity index (χ3v) is 7.20. The van der Waals surface area contributed by atoms with Gasteiger partial charge in [-0.1, -0.05) is 71.3 Å². The average molecular weight is 523 g/mol. The van der Waals surface area contributed by atoms with Gasteiger partial charge in [-0.2, -0.15) is 8.42 Å². The molecular formula is C30H26N4O3S. The van der Waals surface area contributed by atoms with Crippen LogP contribution in [-0.4, -0.2) is 18.0 Å². The Balaban J connectivity index is 1.52. The Morgan fingerprint density at radius 2 is 1.47 bits per heavy atom. The van der Waals surface area contributed by atoms with Crippen molar-refractivity contribution >= 4 is 38.0 Å². The Kier molecular flexibility index (Phi) is 6.52. The molecule has 5 aromatic rings. The van der Waals surface area contributed by atoms with Gasteiger partial charge in [0.25, 0.3) is 10.1 Å². The van der Waals surface area contributed by atoms with Crippen LogP contribution in [0.5, 0.6) is 0 Å². The number of benzene rings is 4. The quantitative estimate of drug-likeness (QED) is 0.139.